The number of amides is 1. The average Bonchev–Trinajstić information content (AvgIpc) is 2.70. The Kier molecular flexibility index (Phi) is 8.78. The highest BCUT2D eigenvalue weighted by Gasteiger charge is 2.29. The summed E-state index contributed by atoms with van der Waals surface area (Å²) in [4.78, 5) is 34.9. The van der Waals surface area contributed by atoms with Crippen LogP contribution in [0, 0.1) is 0 Å². The summed E-state index contributed by atoms with van der Waals surface area (Å²) in [5.74, 6) is -1.52. The van der Waals surface area contributed by atoms with E-state index in [2.05, 4.69) is 37.2 Å². The molecule has 2 rings (SSSR count). The molecular weight excluding hydrogens is 538 g/mol. The van der Waals surface area contributed by atoms with Crippen molar-refractivity contribution < 1.29 is 34.1 Å². The fourth-order valence-electron chi connectivity index (χ4n) is 2.64. The third-order valence-electron chi connectivity index (χ3n) is 4.14. The van der Waals surface area contributed by atoms with Crippen LogP contribution in [0.25, 0.3) is 0 Å². The van der Waals surface area contributed by atoms with Gasteiger partial charge in [-0.25, -0.2) is 9.59 Å². The predicted molar refractivity (Wildman–Crippen MR) is 120 cm³/mol. The van der Waals surface area contributed by atoms with E-state index in [1.54, 1.807) is 18.2 Å². The van der Waals surface area contributed by atoms with Crippen molar-refractivity contribution in [2.24, 2.45) is 0 Å². The molecule has 0 spiro atoms. The lowest BCUT2D eigenvalue weighted by Crippen LogP contribution is -2.27. The molecule has 31 heavy (non-hydrogen) atoms. The maximum Gasteiger partial charge on any atom is 0.412 e. The lowest BCUT2D eigenvalue weighted by atomic mass is 10.0. The standard InChI is InChI=1S/C21H19Br2NO7/c1-11(25)12-3-5-14(6-4-12)24-21(29)31-20(17(30-2)7-8-18(26)27)15-9-13(22)10-16(23)19(15)28/h3-10,17,20,28H,1-2H3,(H,24,29)(H,26,27)/b8-7+/t17-,20-/m1/s1. The Morgan fingerprint density at radius 2 is 1.77 bits per heavy atom. The fourth-order valence-corrected chi connectivity index (χ4v) is 3.90. The molecule has 0 saturated carbocycles. The van der Waals surface area contributed by atoms with E-state index in [9.17, 15) is 19.5 Å². The van der Waals surface area contributed by atoms with Crippen LogP contribution in [0.5, 0.6) is 5.75 Å². The van der Waals surface area contributed by atoms with Crippen LogP contribution in [0.2, 0.25) is 0 Å². The molecule has 0 fully saturated rings. The number of aromatic hydroxyl groups is 1. The second-order valence-corrected chi connectivity index (χ2v) is 8.08. The van der Waals surface area contributed by atoms with Crippen molar-refractivity contribution in [3.05, 3.63) is 68.6 Å². The summed E-state index contributed by atoms with van der Waals surface area (Å²) in [5.41, 5.74) is 1.05. The number of phenols is 1. The van der Waals surface area contributed by atoms with Crippen molar-refractivity contribution in [1.29, 1.82) is 0 Å². The van der Waals surface area contributed by atoms with Gasteiger partial charge in [0.2, 0.25) is 0 Å². The molecule has 0 aliphatic carbocycles. The molecular formula is C21H19Br2NO7. The van der Waals surface area contributed by atoms with Crippen LogP contribution in [0.1, 0.15) is 28.9 Å². The van der Waals surface area contributed by atoms with Gasteiger partial charge in [0, 0.05) is 34.5 Å². The number of carbonyl (C=O) groups is 3. The fraction of sp³-hybridized carbons (Fsp3) is 0.190. The summed E-state index contributed by atoms with van der Waals surface area (Å²) in [5, 5.41) is 22.0. The van der Waals surface area contributed by atoms with Crippen molar-refractivity contribution in [1.82, 2.24) is 0 Å². The molecule has 1 amide bonds. The van der Waals surface area contributed by atoms with Crippen LogP contribution in [0.3, 0.4) is 0 Å². The van der Waals surface area contributed by atoms with E-state index < -0.39 is 24.3 Å². The van der Waals surface area contributed by atoms with Gasteiger partial charge < -0.3 is 19.7 Å². The van der Waals surface area contributed by atoms with Crippen LogP contribution in [-0.2, 0) is 14.3 Å². The minimum Gasteiger partial charge on any atom is -0.506 e. The zero-order chi connectivity index (χ0) is 23.1. The number of rotatable bonds is 8. The number of methoxy groups -OCH3 is 1. The molecule has 0 unspecified atom stereocenters. The Hall–Kier alpha value is -2.69. The highest BCUT2D eigenvalue weighted by Crippen LogP contribution is 2.39. The van der Waals surface area contributed by atoms with Gasteiger partial charge in [-0.15, -0.1) is 0 Å². The van der Waals surface area contributed by atoms with Gasteiger partial charge in [-0.2, -0.15) is 0 Å². The van der Waals surface area contributed by atoms with Crippen molar-refractivity contribution in [2.45, 2.75) is 19.1 Å². The molecule has 2 aromatic rings. The van der Waals surface area contributed by atoms with Crippen LogP contribution in [-0.4, -0.2) is 41.3 Å². The van der Waals surface area contributed by atoms with Gasteiger partial charge >= 0.3 is 12.1 Å². The summed E-state index contributed by atoms with van der Waals surface area (Å²) in [7, 11) is 1.32. The molecule has 10 heteroatoms. The minimum absolute atomic E-state index is 0.113. The van der Waals surface area contributed by atoms with Gasteiger partial charge in [0.1, 0.15) is 11.9 Å². The first-order valence-corrected chi connectivity index (χ1v) is 10.4. The lowest BCUT2D eigenvalue weighted by molar-refractivity contribution is -0.131. The van der Waals surface area contributed by atoms with E-state index in [0.717, 1.165) is 6.08 Å². The topological polar surface area (TPSA) is 122 Å². The Labute approximate surface area is 195 Å². The Balaban J connectivity index is 2.34. The molecule has 2 aromatic carbocycles. The molecule has 0 saturated heterocycles. The monoisotopic (exact) mass is 555 g/mol. The maximum absolute atomic E-state index is 12.6. The van der Waals surface area contributed by atoms with Gasteiger partial charge in [-0.3, -0.25) is 10.1 Å². The number of benzene rings is 2. The molecule has 164 valence electrons. The van der Waals surface area contributed by atoms with Crippen LogP contribution < -0.4 is 5.32 Å². The molecule has 0 aliphatic rings. The summed E-state index contributed by atoms with van der Waals surface area (Å²) < 4.78 is 11.7. The van der Waals surface area contributed by atoms with Crippen molar-refractivity contribution in [3.63, 3.8) is 0 Å². The number of ether oxygens (including phenoxy) is 2. The van der Waals surface area contributed by atoms with E-state index in [0.29, 0.717) is 20.2 Å². The number of carboxylic acids is 1. The number of hydrogen-bond acceptors (Lipinski definition) is 6. The minimum atomic E-state index is -1.21. The highest BCUT2D eigenvalue weighted by atomic mass is 79.9. The van der Waals surface area contributed by atoms with Crippen LogP contribution in [0.15, 0.2) is 57.5 Å². The quantitative estimate of drug-likeness (QED) is 0.306. The average molecular weight is 557 g/mol. The Morgan fingerprint density at radius 3 is 2.32 bits per heavy atom. The van der Waals surface area contributed by atoms with Gasteiger partial charge in [0.25, 0.3) is 0 Å². The lowest BCUT2D eigenvalue weighted by Gasteiger charge is -2.25. The molecule has 0 aromatic heterocycles. The van der Waals surface area contributed by atoms with Crippen molar-refractivity contribution >= 4 is 55.4 Å². The van der Waals surface area contributed by atoms with E-state index in [4.69, 9.17) is 14.6 Å². The molecule has 3 N–H and O–H groups in total. The van der Waals surface area contributed by atoms with E-state index >= 15 is 0 Å². The van der Waals surface area contributed by atoms with Crippen molar-refractivity contribution in [3.8, 4) is 5.75 Å². The number of nitrogens with one attached hydrogen (secondary N) is 1. The smallest absolute Gasteiger partial charge is 0.412 e. The molecule has 8 nitrogen and oxygen atoms in total. The SMILES string of the molecule is CO[C@H](/C=C/C(=O)O)[C@H](OC(=O)Nc1ccc(C(C)=O)cc1)c1cc(Br)cc(Br)c1O. The first-order valence-electron chi connectivity index (χ1n) is 8.82. The van der Waals surface area contributed by atoms with Crippen LogP contribution >= 0.6 is 31.9 Å². The third-order valence-corrected chi connectivity index (χ3v) is 5.20. The number of halogens is 2. The zero-order valence-electron chi connectivity index (χ0n) is 16.5. The molecule has 2 atom stereocenters. The maximum atomic E-state index is 12.6. The summed E-state index contributed by atoms with van der Waals surface area (Å²) in [6, 6.07) is 9.32. The number of phenolic OH excluding ortho intramolecular Hbond substituents is 1. The molecule has 0 bridgehead atoms. The van der Waals surface area contributed by atoms with E-state index in [1.165, 1.54) is 38.3 Å². The first kappa shape index (κ1) is 24.6. The Bertz CT molecular complexity index is 1010. The number of ketones is 1. The second-order valence-electron chi connectivity index (χ2n) is 6.31. The largest absolute Gasteiger partial charge is 0.506 e. The third kappa shape index (κ3) is 6.91. The van der Waals surface area contributed by atoms with E-state index in [1.807, 2.05) is 0 Å². The number of carbonyl (C=O) groups excluding carboxylic acids is 2. The Morgan fingerprint density at radius 1 is 1.13 bits per heavy atom. The van der Waals surface area contributed by atoms with Gasteiger partial charge in [0.05, 0.1) is 4.47 Å². The zero-order valence-corrected chi connectivity index (χ0v) is 19.6. The molecule has 0 heterocycles. The predicted octanol–water partition coefficient (Wildman–Crippen LogP) is 5.07. The summed E-state index contributed by atoms with van der Waals surface area (Å²) in [6.45, 7) is 1.43. The number of carboxylic acid groups (broad SMARTS) is 1. The molecule has 0 radical (unpaired) electrons. The summed E-state index contributed by atoms with van der Waals surface area (Å²) >= 11 is 6.53. The second kappa shape index (κ2) is 11.1. The van der Waals surface area contributed by atoms with Gasteiger partial charge in [-0.05, 0) is 65.3 Å². The normalized spacial score (nSPS) is 12.9. The molecule has 0 aliphatic heterocycles. The summed E-state index contributed by atoms with van der Waals surface area (Å²) in [6.07, 6.45) is -1.02. The number of aliphatic carboxylic acids is 1. The number of Topliss-reactive ketones (excluding diaryl/α,β-unsaturated/α-hetero) is 1. The van der Waals surface area contributed by atoms with E-state index in [-0.39, 0.29) is 17.1 Å². The van der Waals surface area contributed by atoms with Gasteiger partial charge in [-0.1, -0.05) is 15.9 Å². The van der Waals surface area contributed by atoms with Gasteiger partial charge in [0.15, 0.2) is 11.9 Å². The van der Waals surface area contributed by atoms with Crippen LogP contribution in [0.4, 0.5) is 10.5 Å². The number of hydrogen-bond donors (Lipinski definition) is 3. The highest BCUT2D eigenvalue weighted by molar-refractivity contribution is 9.11. The van der Waals surface area contributed by atoms with Crippen molar-refractivity contribution in [2.75, 3.05) is 12.4 Å². The first-order chi connectivity index (χ1) is 14.6. The number of anilines is 1.